The summed E-state index contributed by atoms with van der Waals surface area (Å²) < 4.78 is 30.1. The first kappa shape index (κ1) is 25.0. The van der Waals surface area contributed by atoms with Gasteiger partial charge in [-0.15, -0.1) is 4.83 Å². The first-order valence-corrected chi connectivity index (χ1v) is 12.7. The van der Waals surface area contributed by atoms with Crippen LogP contribution in [0.1, 0.15) is 48.0 Å². The molecule has 0 atom stereocenters. The molecule has 1 fully saturated rings. The lowest BCUT2D eigenvalue weighted by molar-refractivity contribution is -0.126. The fourth-order valence-corrected chi connectivity index (χ4v) is 4.77. The van der Waals surface area contributed by atoms with Crippen molar-refractivity contribution >= 4 is 33.4 Å². The number of carbonyl (C=O) groups excluding carboxylic acids is 2. The molecule has 0 aliphatic heterocycles. The Morgan fingerprint density at radius 2 is 1.76 bits per heavy atom. The molecule has 0 heterocycles. The first-order chi connectivity index (χ1) is 15.8. The van der Waals surface area contributed by atoms with E-state index in [0.717, 1.165) is 37.7 Å². The molecule has 1 aliphatic carbocycles. The average molecular weight is 494 g/mol. The van der Waals surface area contributed by atoms with Gasteiger partial charge in [-0.3, -0.25) is 15.0 Å². The van der Waals surface area contributed by atoms with Gasteiger partial charge >= 0.3 is 0 Å². The third kappa shape index (κ3) is 6.93. The molecule has 33 heavy (non-hydrogen) atoms. The molecule has 2 amide bonds. The highest BCUT2D eigenvalue weighted by Gasteiger charge is 2.23. The molecule has 10 heteroatoms. The molecular formula is C23H28ClN3O5S. The normalized spacial score (nSPS) is 14.5. The van der Waals surface area contributed by atoms with Crippen LogP contribution in [0.15, 0.2) is 47.4 Å². The molecule has 0 saturated heterocycles. The predicted molar refractivity (Wildman–Crippen MR) is 126 cm³/mol. The Balaban J connectivity index is 1.50. The average Bonchev–Trinajstić information content (AvgIpc) is 2.83. The summed E-state index contributed by atoms with van der Waals surface area (Å²) >= 11 is 5.97. The van der Waals surface area contributed by atoms with Crippen LogP contribution in [-0.4, -0.2) is 33.9 Å². The molecule has 0 unspecified atom stereocenters. The largest absolute Gasteiger partial charge is 0.496 e. The van der Waals surface area contributed by atoms with Crippen molar-refractivity contribution in [3.63, 3.8) is 0 Å². The number of halogens is 1. The number of hydrogen-bond donors (Lipinski definition) is 3. The quantitative estimate of drug-likeness (QED) is 0.464. The van der Waals surface area contributed by atoms with Crippen LogP contribution in [0.4, 0.5) is 0 Å². The Hall–Kier alpha value is -2.62. The summed E-state index contributed by atoms with van der Waals surface area (Å²) in [6, 6.07) is 11.1. The van der Waals surface area contributed by atoms with E-state index in [-0.39, 0.29) is 22.6 Å². The summed E-state index contributed by atoms with van der Waals surface area (Å²) in [4.78, 5) is 26.8. The number of carbonyl (C=O) groups is 2. The number of nitrogens with one attached hydrogen (secondary N) is 3. The third-order valence-corrected chi connectivity index (χ3v) is 7.12. The standard InChI is InChI=1S/C23H28ClN3O5S/c1-32-21-12-9-18(24)15-20(21)23(29)25-14-13-16-7-10-19(11-8-16)33(30,31)27-26-22(28)17-5-3-2-4-6-17/h7-12,15,17,27H,2-6,13-14H2,1H3,(H,25,29)(H,26,28). The van der Waals surface area contributed by atoms with Crippen molar-refractivity contribution in [2.75, 3.05) is 13.7 Å². The van der Waals surface area contributed by atoms with Crippen LogP contribution in [0, 0.1) is 5.92 Å². The van der Waals surface area contributed by atoms with E-state index in [0.29, 0.717) is 29.3 Å². The van der Waals surface area contributed by atoms with Crippen molar-refractivity contribution in [2.45, 2.75) is 43.4 Å². The second-order valence-electron chi connectivity index (χ2n) is 7.92. The SMILES string of the molecule is COc1ccc(Cl)cc1C(=O)NCCc1ccc(S(=O)(=O)NNC(=O)C2CCCCC2)cc1. The third-order valence-electron chi connectivity index (χ3n) is 5.62. The predicted octanol–water partition coefficient (Wildman–Crippen LogP) is 3.21. The minimum absolute atomic E-state index is 0.0443. The van der Waals surface area contributed by atoms with Crippen LogP contribution in [0.2, 0.25) is 5.02 Å². The zero-order chi connectivity index (χ0) is 23.8. The fraction of sp³-hybridized carbons (Fsp3) is 0.391. The molecule has 1 aliphatic rings. The van der Waals surface area contributed by atoms with Gasteiger partial charge in [-0.2, -0.15) is 0 Å². The number of methoxy groups -OCH3 is 1. The summed E-state index contributed by atoms with van der Waals surface area (Å²) in [5, 5.41) is 3.23. The van der Waals surface area contributed by atoms with E-state index in [1.165, 1.54) is 25.3 Å². The van der Waals surface area contributed by atoms with Crippen molar-refractivity contribution in [1.29, 1.82) is 0 Å². The number of sulfonamides is 1. The van der Waals surface area contributed by atoms with Gasteiger partial charge in [0, 0.05) is 17.5 Å². The summed E-state index contributed by atoms with van der Waals surface area (Å²) in [6.07, 6.45) is 5.14. The summed E-state index contributed by atoms with van der Waals surface area (Å²) in [5.74, 6) is -0.325. The highest BCUT2D eigenvalue weighted by atomic mass is 35.5. The molecule has 3 N–H and O–H groups in total. The molecule has 0 radical (unpaired) electrons. The molecule has 0 spiro atoms. The minimum Gasteiger partial charge on any atom is -0.496 e. The van der Waals surface area contributed by atoms with E-state index in [1.54, 1.807) is 24.3 Å². The van der Waals surface area contributed by atoms with Gasteiger partial charge in [-0.05, 0) is 55.2 Å². The van der Waals surface area contributed by atoms with Gasteiger partial charge in [0.25, 0.3) is 15.9 Å². The molecule has 178 valence electrons. The van der Waals surface area contributed by atoms with Gasteiger partial charge in [0.15, 0.2) is 0 Å². The molecule has 1 saturated carbocycles. The van der Waals surface area contributed by atoms with Crippen molar-refractivity contribution in [1.82, 2.24) is 15.6 Å². The van der Waals surface area contributed by atoms with Gasteiger partial charge < -0.3 is 10.1 Å². The number of ether oxygens (including phenoxy) is 1. The lowest BCUT2D eigenvalue weighted by atomic mass is 9.89. The van der Waals surface area contributed by atoms with E-state index in [9.17, 15) is 18.0 Å². The number of hydrazine groups is 1. The maximum absolute atomic E-state index is 12.5. The maximum Gasteiger partial charge on any atom is 0.257 e. The monoisotopic (exact) mass is 493 g/mol. The zero-order valence-corrected chi connectivity index (χ0v) is 20.0. The van der Waals surface area contributed by atoms with Crippen LogP contribution >= 0.6 is 11.6 Å². The number of rotatable bonds is 9. The van der Waals surface area contributed by atoms with Gasteiger partial charge in [-0.1, -0.05) is 43.0 Å². The molecule has 2 aromatic carbocycles. The van der Waals surface area contributed by atoms with Crippen LogP contribution < -0.4 is 20.3 Å². The number of amides is 2. The second-order valence-corrected chi connectivity index (χ2v) is 10.0. The zero-order valence-electron chi connectivity index (χ0n) is 18.4. The van der Waals surface area contributed by atoms with Gasteiger partial charge in [0.05, 0.1) is 17.6 Å². The fourth-order valence-electron chi connectivity index (χ4n) is 3.75. The van der Waals surface area contributed by atoms with Gasteiger partial charge in [0.2, 0.25) is 5.91 Å². The summed E-state index contributed by atoms with van der Waals surface area (Å²) in [7, 11) is -2.39. The van der Waals surface area contributed by atoms with Crippen molar-refractivity contribution in [2.24, 2.45) is 5.92 Å². The van der Waals surface area contributed by atoms with Crippen LogP contribution in [0.3, 0.4) is 0 Å². The lowest BCUT2D eigenvalue weighted by Gasteiger charge is -2.20. The summed E-state index contributed by atoms with van der Waals surface area (Å²) in [5.41, 5.74) is 3.52. The Bertz CT molecular complexity index is 1080. The van der Waals surface area contributed by atoms with E-state index < -0.39 is 10.0 Å². The number of benzene rings is 2. The van der Waals surface area contributed by atoms with E-state index in [1.807, 2.05) is 0 Å². The molecule has 3 rings (SSSR count). The Morgan fingerprint density at radius 3 is 2.42 bits per heavy atom. The lowest BCUT2D eigenvalue weighted by Crippen LogP contribution is -2.44. The van der Waals surface area contributed by atoms with Crippen LogP contribution in [-0.2, 0) is 21.2 Å². The van der Waals surface area contributed by atoms with E-state index >= 15 is 0 Å². The smallest absolute Gasteiger partial charge is 0.257 e. The van der Waals surface area contributed by atoms with Crippen LogP contribution in [0.25, 0.3) is 0 Å². The van der Waals surface area contributed by atoms with E-state index in [2.05, 4.69) is 15.6 Å². The van der Waals surface area contributed by atoms with Gasteiger partial charge in [-0.25, -0.2) is 8.42 Å². The highest BCUT2D eigenvalue weighted by molar-refractivity contribution is 7.89. The topological polar surface area (TPSA) is 114 Å². The maximum atomic E-state index is 12.5. The van der Waals surface area contributed by atoms with E-state index in [4.69, 9.17) is 16.3 Å². The molecule has 8 nitrogen and oxygen atoms in total. The van der Waals surface area contributed by atoms with Crippen molar-refractivity contribution in [3.8, 4) is 5.75 Å². The first-order valence-electron chi connectivity index (χ1n) is 10.8. The molecule has 0 aromatic heterocycles. The highest BCUT2D eigenvalue weighted by Crippen LogP contribution is 2.24. The van der Waals surface area contributed by atoms with Crippen molar-refractivity contribution in [3.05, 3.63) is 58.6 Å². The second kappa shape index (κ2) is 11.5. The Labute approximate surface area is 199 Å². The Kier molecular flexibility index (Phi) is 8.71. The summed E-state index contributed by atoms with van der Waals surface area (Å²) in [6.45, 7) is 0.344. The number of hydrogen-bond acceptors (Lipinski definition) is 5. The molecular weight excluding hydrogens is 466 g/mol. The van der Waals surface area contributed by atoms with Gasteiger partial charge in [0.1, 0.15) is 5.75 Å². The Morgan fingerprint density at radius 1 is 1.06 bits per heavy atom. The van der Waals surface area contributed by atoms with Crippen molar-refractivity contribution < 1.29 is 22.7 Å². The molecule has 2 aromatic rings. The van der Waals surface area contributed by atoms with Crippen LogP contribution in [0.5, 0.6) is 5.75 Å². The molecule has 0 bridgehead atoms. The minimum atomic E-state index is -3.87.